The van der Waals surface area contributed by atoms with E-state index in [4.69, 9.17) is 0 Å². The zero-order chi connectivity index (χ0) is 14.8. The molecule has 1 N–H and O–H groups in total. The summed E-state index contributed by atoms with van der Waals surface area (Å²) in [5, 5.41) is 3.11. The minimum Gasteiger partial charge on any atom is -0.314 e. The molecule has 1 saturated heterocycles. The van der Waals surface area contributed by atoms with Gasteiger partial charge in [-0.05, 0) is 30.2 Å². The van der Waals surface area contributed by atoms with Crippen molar-refractivity contribution >= 4 is 0 Å². The first kappa shape index (κ1) is 15.3. The highest BCUT2D eigenvalue weighted by molar-refractivity contribution is 5.30. The third kappa shape index (κ3) is 3.93. The SMILES string of the molecule is Cc1ccc(F)cc1[C@@H](CC(F)(F)F)N1CCNCC1. The van der Waals surface area contributed by atoms with E-state index in [-0.39, 0.29) is 0 Å². The van der Waals surface area contributed by atoms with Gasteiger partial charge in [0.1, 0.15) is 5.82 Å². The van der Waals surface area contributed by atoms with Gasteiger partial charge in [0.2, 0.25) is 0 Å². The quantitative estimate of drug-likeness (QED) is 0.861. The Bertz CT molecular complexity index is 453. The normalized spacial score (nSPS) is 19.1. The molecule has 1 aromatic rings. The van der Waals surface area contributed by atoms with E-state index in [1.807, 2.05) is 0 Å². The van der Waals surface area contributed by atoms with Crippen molar-refractivity contribution in [2.75, 3.05) is 26.2 Å². The van der Waals surface area contributed by atoms with Crippen LogP contribution < -0.4 is 5.32 Å². The lowest BCUT2D eigenvalue weighted by molar-refractivity contribution is -0.148. The van der Waals surface area contributed by atoms with E-state index in [1.54, 1.807) is 11.8 Å². The molecule has 0 aromatic heterocycles. The predicted molar refractivity (Wildman–Crippen MR) is 69.0 cm³/mol. The van der Waals surface area contributed by atoms with Crippen molar-refractivity contribution in [2.45, 2.75) is 25.6 Å². The number of nitrogens with one attached hydrogen (secondary N) is 1. The minimum absolute atomic E-state index is 0.434. The summed E-state index contributed by atoms with van der Waals surface area (Å²) in [7, 11) is 0. The van der Waals surface area contributed by atoms with Crippen molar-refractivity contribution in [2.24, 2.45) is 0 Å². The number of benzene rings is 1. The van der Waals surface area contributed by atoms with E-state index in [1.165, 1.54) is 18.2 Å². The van der Waals surface area contributed by atoms with Gasteiger partial charge in [0.05, 0.1) is 6.42 Å². The largest absolute Gasteiger partial charge is 0.390 e. The lowest BCUT2D eigenvalue weighted by Crippen LogP contribution is -2.46. The molecule has 0 saturated carbocycles. The molecule has 0 radical (unpaired) electrons. The highest BCUT2D eigenvalue weighted by atomic mass is 19.4. The molecule has 2 rings (SSSR count). The molecule has 0 unspecified atom stereocenters. The molecule has 1 atom stereocenters. The van der Waals surface area contributed by atoms with Gasteiger partial charge in [-0.3, -0.25) is 4.90 Å². The second-order valence-electron chi connectivity index (χ2n) is 5.12. The second kappa shape index (κ2) is 6.10. The maximum absolute atomic E-state index is 13.4. The smallest absolute Gasteiger partial charge is 0.314 e. The monoisotopic (exact) mass is 290 g/mol. The fraction of sp³-hybridized carbons (Fsp3) is 0.571. The van der Waals surface area contributed by atoms with Crippen LogP contribution in [0.1, 0.15) is 23.6 Å². The van der Waals surface area contributed by atoms with Gasteiger partial charge < -0.3 is 5.32 Å². The van der Waals surface area contributed by atoms with E-state index in [2.05, 4.69) is 5.32 Å². The van der Waals surface area contributed by atoms with Gasteiger partial charge in [-0.1, -0.05) is 6.07 Å². The molecule has 0 amide bonds. The Morgan fingerprint density at radius 2 is 1.90 bits per heavy atom. The van der Waals surface area contributed by atoms with Crippen LogP contribution in [-0.2, 0) is 0 Å². The zero-order valence-corrected chi connectivity index (χ0v) is 11.3. The van der Waals surface area contributed by atoms with Gasteiger partial charge >= 0.3 is 6.18 Å². The van der Waals surface area contributed by atoms with Crippen molar-refractivity contribution in [3.63, 3.8) is 0 Å². The second-order valence-corrected chi connectivity index (χ2v) is 5.12. The van der Waals surface area contributed by atoms with Crippen molar-refractivity contribution in [1.29, 1.82) is 0 Å². The Kier molecular flexibility index (Phi) is 4.65. The van der Waals surface area contributed by atoms with Crippen molar-refractivity contribution in [3.05, 3.63) is 35.1 Å². The van der Waals surface area contributed by atoms with E-state index in [0.717, 1.165) is 0 Å². The standard InChI is InChI=1S/C14H18F4N2/c1-10-2-3-11(15)8-12(10)13(9-14(16,17)18)20-6-4-19-5-7-20/h2-3,8,13,19H,4-7,9H2,1H3/t13-/m1/s1. The maximum atomic E-state index is 13.4. The maximum Gasteiger partial charge on any atom is 0.390 e. The van der Waals surface area contributed by atoms with E-state index >= 15 is 0 Å². The third-order valence-electron chi connectivity index (χ3n) is 3.62. The van der Waals surface area contributed by atoms with Gasteiger partial charge in [-0.2, -0.15) is 13.2 Å². The average Bonchev–Trinajstić information content (AvgIpc) is 2.39. The topological polar surface area (TPSA) is 15.3 Å². The van der Waals surface area contributed by atoms with Gasteiger partial charge in [0, 0.05) is 32.2 Å². The fourth-order valence-corrected chi connectivity index (χ4v) is 2.62. The van der Waals surface area contributed by atoms with Gasteiger partial charge in [-0.15, -0.1) is 0 Å². The Morgan fingerprint density at radius 1 is 1.25 bits per heavy atom. The number of rotatable bonds is 3. The van der Waals surface area contributed by atoms with E-state index in [9.17, 15) is 17.6 Å². The van der Waals surface area contributed by atoms with Crippen LogP contribution in [0.15, 0.2) is 18.2 Å². The Morgan fingerprint density at radius 3 is 2.50 bits per heavy atom. The summed E-state index contributed by atoms with van der Waals surface area (Å²) in [5.74, 6) is -0.493. The lowest BCUT2D eigenvalue weighted by atomic mass is 9.96. The number of hydrogen-bond acceptors (Lipinski definition) is 2. The first-order valence-electron chi connectivity index (χ1n) is 6.64. The first-order chi connectivity index (χ1) is 9.37. The van der Waals surface area contributed by atoms with Crippen molar-refractivity contribution in [3.8, 4) is 0 Å². The van der Waals surface area contributed by atoms with Crippen LogP contribution in [0, 0.1) is 12.7 Å². The minimum atomic E-state index is -4.27. The number of hydrogen-bond donors (Lipinski definition) is 1. The van der Waals surface area contributed by atoms with Crippen LogP contribution in [0.2, 0.25) is 0 Å². The molecular weight excluding hydrogens is 272 g/mol. The molecular formula is C14H18F4N2. The Labute approximate surface area is 115 Å². The molecule has 1 aliphatic rings. The van der Waals surface area contributed by atoms with Gasteiger partial charge in [0.25, 0.3) is 0 Å². The Balaban J connectivity index is 2.31. The van der Waals surface area contributed by atoms with Crippen LogP contribution in [0.4, 0.5) is 17.6 Å². The van der Waals surface area contributed by atoms with Crippen molar-refractivity contribution < 1.29 is 17.6 Å². The van der Waals surface area contributed by atoms with E-state index in [0.29, 0.717) is 37.3 Å². The fourth-order valence-electron chi connectivity index (χ4n) is 2.62. The summed E-state index contributed by atoms with van der Waals surface area (Å²) >= 11 is 0. The number of alkyl halides is 3. The van der Waals surface area contributed by atoms with Gasteiger partial charge in [-0.25, -0.2) is 4.39 Å². The number of halogens is 4. The molecule has 1 aromatic carbocycles. The summed E-state index contributed by atoms with van der Waals surface area (Å²) in [6.07, 6.45) is -5.22. The summed E-state index contributed by atoms with van der Waals surface area (Å²) in [4.78, 5) is 1.78. The van der Waals surface area contributed by atoms with Crippen molar-refractivity contribution in [1.82, 2.24) is 10.2 Å². The van der Waals surface area contributed by atoms with Crippen LogP contribution in [0.25, 0.3) is 0 Å². The molecule has 1 aliphatic heterocycles. The summed E-state index contributed by atoms with van der Waals surface area (Å²) in [6, 6.07) is 3.23. The highest BCUT2D eigenvalue weighted by Crippen LogP contribution is 2.35. The summed E-state index contributed by atoms with van der Waals surface area (Å²) in [6.45, 7) is 4.11. The lowest BCUT2D eigenvalue weighted by Gasteiger charge is -2.36. The number of aryl methyl sites for hydroxylation is 1. The zero-order valence-electron chi connectivity index (χ0n) is 11.3. The van der Waals surface area contributed by atoms with Crippen LogP contribution in [0.5, 0.6) is 0 Å². The summed E-state index contributed by atoms with van der Waals surface area (Å²) in [5.41, 5.74) is 1.13. The summed E-state index contributed by atoms with van der Waals surface area (Å²) < 4.78 is 51.9. The average molecular weight is 290 g/mol. The first-order valence-corrected chi connectivity index (χ1v) is 6.64. The third-order valence-corrected chi connectivity index (χ3v) is 3.62. The molecule has 6 heteroatoms. The predicted octanol–water partition coefficient (Wildman–Crippen LogP) is 3.03. The van der Waals surface area contributed by atoms with E-state index < -0.39 is 24.5 Å². The molecule has 0 bridgehead atoms. The molecule has 112 valence electrons. The number of nitrogens with zero attached hydrogens (tertiary/aromatic N) is 1. The molecule has 2 nitrogen and oxygen atoms in total. The molecule has 0 spiro atoms. The number of piperazine rings is 1. The molecule has 20 heavy (non-hydrogen) atoms. The highest BCUT2D eigenvalue weighted by Gasteiger charge is 2.36. The van der Waals surface area contributed by atoms with Gasteiger partial charge in [0.15, 0.2) is 0 Å². The molecule has 1 heterocycles. The van der Waals surface area contributed by atoms with Crippen LogP contribution >= 0.6 is 0 Å². The Hall–Kier alpha value is -1.14. The van der Waals surface area contributed by atoms with Crippen LogP contribution in [0.3, 0.4) is 0 Å². The molecule has 0 aliphatic carbocycles. The molecule has 1 fully saturated rings. The van der Waals surface area contributed by atoms with Crippen LogP contribution in [-0.4, -0.2) is 37.3 Å².